The fourth-order valence-electron chi connectivity index (χ4n) is 15.6. The van der Waals surface area contributed by atoms with Crippen LogP contribution in [-0.2, 0) is 10.8 Å². The summed E-state index contributed by atoms with van der Waals surface area (Å²) < 4.78 is 2.85. The number of aromatic nitrogens is 1. The maximum Gasteiger partial charge on any atom is 0.333 e. The Balaban J connectivity index is 1.05. The molecule has 6 aliphatic rings. The van der Waals surface area contributed by atoms with E-state index in [4.69, 9.17) is 0 Å². The van der Waals surface area contributed by atoms with Gasteiger partial charge in [0.15, 0.2) is 0 Å². The zero-order valence-electron chi connectivity index (χ0n) is 38.6. The minimum atomic E-state index is -0.00359. The number of fused-ring (bicyclic) bond motifs is 13. The molecule has 0 radical (unpaired) electrons. The molecule has 1 aromatic heterocycles. The zero-order chi connectivity index (χ0) is 43.8. The summed E-state index contributed by atoms with van der Waals surface area (Å²) in [6, 6.07) is 64.0. The molecule has 4 aliphatic carbocycles. The zero-order valence-corrected chi connectivity index (χ0v) is 38.6. The molecule has 15 rings (SSSR count). The van der Waals surface area contributed by atoms with E-state index in [0.717, 1.165) is 11.8 Å². The molecule has 8 aromatic carbocycles. The van der Waals surface area contributed by atoms with Crippen molar-refractivity contribution in [2.75, 3.05) is 4.90 Å². The summed E-state index contributed by atoms with van der Waals surface area (Å²) in [5, 5.41) is 5.66. The second-order valence-corrected chi connectivity index (χ2v) is 22.0. The molecule has 0 atom stereocenters. The van der Waals surface area contributed by atoms with Gasteiger partial charge in [0.25, 0.3) is 0 Å². The molecule has 0 amide bonds. The monoisotopic (exact) mass is 864 g/mol. The van der Waals surface area contributed by atoms with Crippen molar-refractivity contribution in [1.82, 2.24) is 4.48 Å². The van der Waals surface area contributed by atoms with Crippen LogP contribution in [0.3, 0.4) is 0 Å². The van der Waals surface area contributed by atoms with Crippen molar-refractivity contribution in [2.45, 2.75) is 101 Å². The van der Waals surface area contributed by atoms with E-state index >= 15 is 0 Å². The Labute approximate surface area is 395 Å². The lowest BCUT2D eigenvalue weighted by Gasteiger charge is -2.46. The van der Waals surface area contributed by atoms with E-state index in [9.17, 15) is 0 Å². The molecule has 2 nitrogen and oxygen atoms in total. The Morgan fingerprint density at radius 3 is 1.76 bits per heavy atom. The van der Waals surface area contributed by atoms with Crippen molar-refractivity contribution in [3.05, 3.63) is 175 Å². The van der Waals surface area contributed by atoms with Crippen LogP contribution in [0.25, 0.3) is 66.0 Å². The summed E-state index contributed by atoms with van der Waals surface area (Å²) in [5.41, 5.74) is 21.1. The van der Waals surface area contributed by atoms with Crippen LogP contribution in [0.4, 0.5) is 17.1 Å². The smallest absolute Gasteiger partial charge is 0.333 e. The third kappa shape index (κ3) is 5.70. The van der Waals surface area contributed by atoms with Gasteiger partial charge in [-0.25, -0.2) is 0 Å². The Hall–Kier alpha value is -6.32. The fourth-order valence-corrected chi connectivity index (χ4v) is 15.6. The largest absolute Gasteiger partial charge is 0.375 e. The number of benzene rings is 8. The van der Waals surface area contributed by atoms with Crippen LogP contribution in [-0.4, -0.2) is 11.3 Å². The summed E-state index contributed by atoms with van der Waals surface area (Å²) in [7, 11) is 0. The van der Waals surface area contributed by atoms with Gasteiger partial charge < -0.3 is 9.38 Å². The van der Waals surface area contributed by atoms with E-state index in [2.05, 4.69) is 173 Å². The lowest BCUT2D eigenvalue weighted by atomic mass is 9.44. The molecule has 4 bridgehead atoms. The first kappa shape index (κ1) is 38.8. The van der Waals surface area contributed by atoms with Crippen LogP contribution < -0.4 is 15.8 Å². The fraction of sp³-hybridized carbons (Fsp3) is 0.281. The van der Waals surface area contributed by atoms with Crippen molar-refractivity contribution in [1.29, 1.82) is 0 Å². The topological polar surface area (TPSA) is 8.17 Å². The van der Waals surface area contributed by atoms with Crippen molar-refractivity contribution in [3.63, 3.8) is 0 Å². The Morgan fingerprint density at radius 1 is 0.463 bits per heavy atom. The number of anilines is 3. The molecule has 0 spiro atoms. The van der Waals surface area contributed by atoms with Crippen LogP contribution in [0.5, 0.6) is 0 Å². The van der Waals surface area contributed by atoms with Gasteiger partial charge in [0.05, 0.1) is 0 Å². The van der Waals surface area contributed by atoms with Gasteiger partial charge in [-0.3, -0.25) is 0 Å². The Kier molecular flexibility index (Phi) is 8.44. The van der Waals surface area contributed by atoms with E-state index < -0.39 is 0 Å². The summed E-state index contributed by atoms with van der Waals surface area (Å²) in [4.78, 5) is 2.61. The van der Waals surface area contributed by atoms with Crippen LogP contribution >= 0.6 is 0 Å². The molecule has 2 aliphatic heterocycles. The van der Waals surface area contributed by atoms with Crippen LogP contribution in [0.2, 0.25) is 0 Å². The van der Waals surface area contributed by atoms with E-state index in [1.807, 2.05) is 0 Å². The predicted octanol–water partition coefficient (Wildman–Crippen LogP) is 15.9. The standard InChI is InChI=1S/C64H57BN2/c1-3-17-44(18-4-1)46-23-27-51(28-24-46)66-58-29-25-47(45-19-5-2-6-20-45)35-56(58)65-61-59(66)36-48-21-7-8-22-52(48)60(61)55-39-50(64-33-11-15-43(41-64)16-12-34-64)38-54-53-37-49(26-30-57(53)67(65)62(54)55)63-31-9-13-42(40-63)14-10-32-63/h1-8,17-30,35-39,42-43H,9-16,31-34,40-41H2. The first-order valence-electron chi connectivity index (χ1n) is 26.0. The lowest BCUT2D eigenvalue weighted by molar-refractivity contribution is 0.149. The summed E-state index contributed by atoms with van der Waals surface area (Å²) in [6.45, 7) is -0.00359. The highest BCUT2D eigenvalue weighted by molar-refractivity contribution is 6.90. The second-order valence-electron chi connectivity index (χ2n) is 22.0. The van der Waals surface area contributed by atoms with E-state index in [0.29, 0.717) is 5.41 Å². The molecule has 326 valence electrons. The minimum Gasteiger partial charge on any atom is -0.375 e. The highest BCUT2D eigenvalue weighted by Crippen LogP contribution is 2.56. The maximum absolute atomic E-state index is 2.85. The SMILES string of the molecule is c1ccc(-c2ccc(N3c4ccc(-c5ccccc5)cc4B4c5c3cc3ccccc3c5-c3cc(C56CCCC(CCC5)C6)cc5c6cc(C78CCCC(CCC7)C8)ccc6n4c35)cc2)cc1. The number of nitrogens with zero attached hydrogens (tertiary/aromatic N) is 2. The number of hydrogen-bond acceptors (Lipinski definition) is 1. The number of hydrogen-bond donors (Lipinski definition) is 0. The molecule has 0 N–H and O–H groups in total. The highest BCUT2D eigenvalue weighted by Gasteiger charge is 2.47. The first-order chi connectivity index (χ1) is 33.1. The van der Waals surface area contributed by atoms with E-state index in [1.165, 1.54) is 184 Å². The van der Waals surface area contributed by atoms with Gasteiger partial charge in [0.2, 0.25) is 0 Å². The Bertz CT molecular complexity index is 3430. The minimum absolute atomic E-state index is 0.00359. The van der Waals surface area contributed by atoms with Crippen molar-refractivity contribution in [2.24, 2.45) is 11.8 Å². The normalized spacial score (nSPS) is 23.6. The molecule has 4 saturated carbocycles. The molecule has 0 unspecified atom stereocenters. The molecule has 4 fully saturated rings. The van der Waals surface area contributed by atoms with E-state index in [1.54, 1.807) is 11.1 Å². The van der Waals surface area contributed by atoms with Crippen molar-refractivity contribution >= 4 is 67.4 Å². The van der Waals surface area contributed by atoms with Crippen LogP contribution in [0.1, 0.15) is 101 Å². The van der Waals surface area contributed by atoms with E-state index in [-0.39, 0.29) is 12.3 Å². The van der Waals surface area contributed by atoms with Gasteiger partial charge in [-0.2, -0.15) is 0 Å². The summed E-state index contributed by atoms with van der Waals surface area (Å²) in [6.07, 6.45) is 19.2. The Morgan fingerprint density at radius 2 is 1.06 bits per heavy atom. The highest BCUT2D eigenvalue weighted by atomic mass is 15.2. The lowest BCUT2D eigenvalue weighted by Crippen LogP contribution is -2.56. The average molecular weight is 865 g/mol. The molecular weight excluding hydrogens is 808 g/mol. The van der Waals surface area contributed by atoms with Gasteiger partial charge in [-0.15, -0.1) is 0 Å². The van der Waals surface area contributed by atoms with Gasteiger partial charge >= 0.3 is 6.85 Å². The van der Waals surface area contributed by atoms with Gasteiger partial charge in [0.1, 0.15) is 0 Å². The number of rotatable bonds is 5. The maximum atomic E-state index is 2.85. The van der Waals surface area contributed by atoms with Gasteiger partial charge in [-0.05, 0) is 170 Å². The first-order valence-corrected chi connectivity index (χ1v) is 26.0. The molecular formula is C64H57BN2. The average Bonchev–Trinajstić information content (AvgIpc) is 3.71. The molecule has 3 heterocycles. The second kappa shape index (κ2) is 14.6. The molecule has 9 aromatic rings. The van der Waals surface area contributed by atoms with Crippen molar-refractivity contribution in [3.8, 4) is 33.4 Å². The molecule has 67 heavy (non-hydrogen) atoms. The van der Waals surface area contributed by atoms with Gasteiger partial charge in [0, 0.05) is 44.4 Å². The predicted molar refractivity (Wildman–Crippen MR) is 283 cm³/mol. The van der Waals surface area contributed by atoms with Crippen LogP contribution in [0, 0.1) is 11.8 Å². The third-order valence-corrected chi connectivity index (χ3v) is 18.6. The van der Waals surface area contributed by atoms with Crippen LogP contribution in [0.15, 0.2) is 164 Å². The molecule has 3 heteroatoms. The summed E-state index contributed by atoms with van der Waals surface area (Å²) in [5.74, 6) is 1.75. The third-order valence-electron chi connectivity index (χ3n) is 18.6. The summed E-state index contributed by atoms with van der Waals surface area (Å²) >= 11 is 0. The molecule has 0 saturated heterocycles. The quantitative estimate of drug-likeness (QED) is 0.157. The van der Waals surface area contributed by atoms with Crippen molar-refractivity contribution < 1.29 is 0 Å². The van der Waals surface area contributed by atoms with Gasteiger partial charge in [-0.1, -0.05) is 167 Å².